The third kappa shape index (κ3) is 3.82. The van der Waals surface area contributed by atoms with Crippen LogP contribution in [0.3, 0.4) is 0 Å². The molecular weight excluding hydrogens is 390 g/mol. The molecule has 0 spiro atoms. The van der Waals surface area contributed by atoms with Gasteiger partial charge in [-0.15, -0.1) is 0 Å². The molecule has 0 radical (unpaired) electrons. The maximum atomic E-state index is 13.9. The van der Waals surface area contributed by atoms with Crippen LogP contribution in [-0.2, 0) is 0 Å². The number of nitro groups is 1. The molecule has 0 aliphatic heterocycles. The van der Waals surface area contributed by atoms with E-state index in [2.05, 4.69) is 0 Å². The molecule has 1 aliphatic carbocycles. The topological polar surface area (TPSA) is 66.6 Å². The zero-order valence-electron chi connectivity index (χ0n) is 11.6. The van der Waals surface area contributed by atoms with Gasteiger partial charge in [0.15, 0.2) is 0 Å². The third-order valence-corrected chi connectivity index (χ3v) is 4.71. The Kier molecular flexibility index (Phi) is 5.74. The summed E-state index contributed by atoms with van der Waals surface area (Å²) < 4.78 is 14.1. The van der Waals surface area contributed by atoms with Crippen molar-refractivity contribution in [3.63, 3.8) is 0 Å². The van der Waals surface area contributed by atoms with Crippen LogP contribution >= 0.6 is 22.6 Å². The van der Waals surface area contributed by atoms with Crippen molar-refractivity contribution in [2.24, 2.45) is 0 Å². The summed E-state index contributed by atoms with van der Waals surface area (Å²) in [5.74, 6) is -0.463. The van der Waals surface area contributed by atoms with Crippen LogP contribution in [0.15, 0.2) is 12.1 Å². The predicted molar refractivity (Wildman–Crippen MR) is 87.1 cm³/mol. The largest absolute Gasteiger partial charge is 0.395 e. The number of benzene rings is 1. The summed E-state index contributed by atoms with van der Waals surface area (Å²) in [6, 6.07) is 2.62. The van der Waals surface area contributed by atoms with E-state index in [0.29, 0.717) is 0 Å². The molecule has 0 heterocycles. The minimum Gasteiger partial charge on any atom is -0.395 e. The van der Waals surface area contributed by atoms with Crippen molar-refractivity contribution in [2.75, 3.05) is 18.1 Å². The van der Waals surface area contributed by atoms with Crippen LogP contribution in [0, 0.1) is 19.5 Å². The van der Waals surface area contributed by atoms with E-state index in [1.807, 2.05) is 0 Å². The lowest BCUT2D eigenvalue weighted by atomic mass is 9.93. The van der Waals surface area contributed by atoms with Crippen molar-refractivity contribution in [3.8, 4) is 0 Å². The molecule has 1 N–H and O–H groups in total. The Morgan fingerprint density at radius 2 is 2.05 bits per heavy atom. The fraction of sp³-hybridized carbons (Fsp3) is 0.571. The normalized spacial score (nSPS) is 16.0. The van der Waals surface area contributed by atoms with Gasteiger partial charge >= 0.3 is 0 Å². The van der Waals surface area contributed by atoms with E-state index in [-0.39, 0.29) is 34.1 Å². The number of nitro benzene ring substituents is 1. The summed E-state index contributed by atoms with van der Waals surface area (Å²) in [6.45, 7) is 0.173. The van der Waals surface area contributed by atoms with Crippen LogP contribution in [-0.4, -0.2) is 29.2 Å². The first-order valence-electron chi connectivity index (χ1n) is 7.05. The molecule has 0 saturated heterocycles. The van der Waals surface area contributed by atoms with Gasteiger partial charge in [0.05, 0.1) is 15.1 Å². The van der Waals surface area contributed by atoms with Crippen molar-refractivity contribution in [1.29, 1.82) is 0 Å². The molecular formula is C14H18FIN2O3. The summed E-state index contributed by atoms with van der Waals surface area (Å²) in [7, 11) is 0. The Balaban J connectivity index is 2.42. The lowest BCUT2D eigenvalue weighted by molar-refractivity contribution is -0.384. The van der Waals surface area contributed by atoms with Crippen molar-refractivity contribution >= 4 is 34.0 Å². The van der Waals surface area contributed by atoms with Gasteiger partial charge < -0.3 is 10.0 Å². The maximum Gasteiger partial charge on any atom is 0.293 e. The first-order valence-corrected chi connectivity index (χ1v) is 8.13. The Morgan fingerprint density at radius 1 is 1.38 bits per heavy atom. The molecule has 0 amide bonds. The Hall–Kier alpha value is -0.960. The summed E-state index contributed by atoms with van der Waals surface area (Å²) >= 11 is 1.75. The average molecular weight is 408 g/mol. The van der Waals surface area contributed by atoms with Crippen LogP contribution in [0.5, 0.6) is 0 Å². The quantitative estimate of drug-likeness (QED) is 0.461. The van der Waals surface area contributed by atoms with E-state index in [1.54, 1.807) is 27.5 Å². The van der Waals surface area contributed by atoms with E-state index < -0.39 is 10.7 Å². The van der Waals surface area contributed by atoms with Crippen molar-refractivity contribution in [1.82, 2.24) is 0 Å². The van der Waals surface area contributed by atoms with Crippen molar-refractivity contribution in [2.45, 2.75) is 38.1 Å². The van der Waals surface area contributed by atoms with Gasteiger partial charge in [-0.05, 0) is 35.4 Å². The van der Waals surface area contributed by atoms with Gasteiger partial charge in [0.2, 0.25) is 0 Å². The van der Waals surface area contributed by atoms with E-state index in [0.717, 1.165) is 32.1 Å². The molecule has 1 saturated carbocycles. The molecule has 0 bridgehead atoms. The second kappa shape index (κ2) is 7.35. The number of anilines is 1. The summed E-state index contributed by atoms with van der Waals surface area (Å²) in [4.78, 5) is 12.6. The van der Waals surface area contributed by atoms with Crippen LogP contribution in [0.2, 0.25) is 0 Å². The number of aliphatic hydroxyl groups is 1. The second-order valence-electron chi connectivity index (χ2n) is 5.22. The molecule has 1 aromatic carbocycles. The Morgan fingerprint density at radius 3 is 2.62 bits per heavy atom. The van der Waals surface area contributed by atoms with Crippen LogP contribution in [0.1, 0.15) is 32.1 Å². The van der Waals surface area contributed by atoms with Crippen molar-refractivity contribution < 1.29 is 14.4 Å². The molecule has 1 aliphatic rings. The summed E-state index contributed by atoms with van der Waals surface area (Å²) in [6.07, 6.45) is 5.13. The number of halogens is 2. The monoisotopic (exact) mass is 408 g/mol. The lowest BCUT2D eigenvalue weighted by Crippen LogP contribution is -2.39. The molecule has 116 valence electrons. The van der Waals surface area contributed by atoms with Gasteiger partial charge in [-0.1, -0.05) is 19.3 Å². The number of nitrogens with zero attached hydrogens (tertiary/aromatic N) is 2. The molecule has 1 fully saturated rings. The molecule has 0 atom stereocenters. The number of hydrogen-bond donors (Lipinski definition) is 1. The molecule has 7 heteroatoms. The standard InChI is InChI=1S/C14H18FIN2O3/c15-11-8-13(14(18(20)21)9-12(11)16)17(6-7-19)10-4-2-1-3-5-10/h8-10,19H,1-7H2. The number of hydrogen-bond acceptors (Lipinski definition) is 4. The highest BCUT2D eigenvalue weighted by Gasteiger charge is 2.28. The number of rotatable bonds is 5. The molecule has 1 aromatic rings. The van der Waals surface area contributed by atoms with Gasteiger partial charge in [-0.3, -0.25) is 10.1 Å². The van der Waals surface area contributed by atoms with Crippen LogP contribution in [0.4, 0.5) is 15.8 Å². The van der Waals surface area contributed by atoms with Gasteiger partial charge in [0.1, 0.15) is 11.5 Å². The zero-order chi connectivity index (χ0) is 15.4. The maximum absolute atomic E-state index is 13.9. The fourth-order valence-corrected chi connectivity index (χ4v) is 3.35. The SMILES string of the molecule is O=[N+]([O-])c1cc(I)c(F)cc1N(CCO)C1CCCCC1. The van der Waals surface area contributed by atoms with E-state index in [1.165, 1.54) is 12.1 Å². The Labute approximate surface area is 136 Å². The van der Waals surface area contributed by atoms with Gasteiger partial charge in [-0.25, -0.2) is 4.39 Å². The first-order chi connectivity index (χ1) is 10.0. The van der Waals surface area contributed by atoms with Crippen molar-refractivity contribution in [3.05, 3.63) is 31.6 Å². The summed E-state index contributed by atoms with van der Waals surface area (Å²) in [5.41, 5.74) is 0.179. The predicted octanol–water partition coefficient (Wildman–Crippen LogP) is 3.47. The lowest BCUT2D eigenvalue weighted by Gasteiger charge is -2.35. The summed E-state index contributed by atoms with van der Waals surface area (Å²) in [5, 5.41) is 20.5. The number of aliphatic hydroxyl groups excluding tert-OH is 1. The van der Waals surface area contributed by atoms with Gasteiger partial charge in [0.25, 0.3) is 5.69 Å². The highest BCUT2D eigenvalue weighted by Crippen LogP contribution is 2.35. The minimum absolute atomic E-state index is 0.0974. The minimum atomic E-state index is -0.482. The molecule has 5 nitrogen and oxygen atoms in total. The van der Waals surface area contributed by atoms with E-state index in [4.69, 9.17) is 0 Å². The third-order valence-electron chi connectivity index (χ3n) is 3.88. The average Bonchev–Trinajstić information content (AvgIpc) is 2.48. The highest BCUT2D eigenvalue weighted by molar-refractivity contribution is 14.1. The van der Waals surface area contributed by atoms with Gasteiger partial charge in [-0.2, -0.15) is 0 Å². The molecule has 0 unspecified atom stereocenters. The van der Waals surface area contributed by atoms with Crippen LogP contribution < -0.4 is 4.90 Å². The van der Waals surface area contributed by atoms with Crippen LogP contribution in [0.25, 0.3) is 0 Å². The fourth-order valence-electron chi connectivity index (χ4n) is 2.90. The zero-order valence-corrected chi connectivity index (χ0v) is 13.8. The van der Waals surface area contributed by atoms with Gasteiger partial charge in [0, 0.05) is 24.7 Å². The highest BCUT2D eigenvalue weighted by atomic mass is 127. The van der Waals surface area contributed by atoms with E-state index in [9.17, 15) is 19.6 Å². The molecule has 0 aromatic heterocycles. The Bertz CT molecular complexity index is 521. The van der Waals surface area contributed by atoms with E-state index >= 15 is 0 Å². The first kappa shape index (κ1) is 16.4. The molecule has 2 rings (SSSR count). The molecule has 21 heavy (non-hydrogen) atoms. The second-order valence-corrected chi connectivity index (χ2v) is 6.38. The smallest absolute Gasteiger partial charge is 0.293 e.